The lowest BCUT2D eigenvalue weighted by Crippen LogP contribution is -2.24. The Morgan fingerprint density at radius 2 is 2.21 bits per heavy atom. The van der Waals surface area contributed by atoms with Gasteiger partial charge >= 0.3 is 6.03 Å². The van der Waals surface area contributed by atoms with E-state index in [1.165, 1.54) is 12.3 Å². The van der Waals surface area contributed by atoms with Gasteiger partial charge in [0.1, 0.15) is 6.54 Å². The molecule has 1 N–H and O–H groups in total. The number of hydrogen-bond acceptors (Lipinski definition) is 5. The smallest absolute Gasteiger partial charge is 0.275 e. The second-order valence-electron chi connectivity index (χ2n) is 3.96. The van der Waals surface area contributed by atoms with Crippen molar-refractivity contribution in [1.29, 1.82) is 0 Å². The van der Waals surface area contributed by atoms with Crippen LogP contribution < -0.4 is 5.32 Å². The Hall–Kier alpha value is -2.77. The lowest BCUT2D eigenvalue weighted by Gasteiger charge is -2.04. The summed E-state index contributed by atoms with van der Waals surface area (Å²) in [5, 5.41) is 17.6. The number of aryl methyl sites for hydroxylation is 1. The summed E-state index contributed by atoms with van der Waals surface area (Å²) in [5.41, 5.74) is 0.992. The van der Waals surface area contributed by atoms with E-state index < -0.39 is 16.9 Å². The second-order valence-corrected chi connectivity index (χ2v) is 3.96. The minimum absolute atomic E-state index is 0.0223. The van der Waals surface area contributed by atoms with Crippen molar-refractivity contribution in [2.75, 3.05) is 6.54 Å². The lowest BCUT2D eigenvalue weighted by atomic mass is 10.1. The van der Waals surface area contributed by atoms with Crippen LogP contribution in [-0.4, -0.2) is 34.6 Å². The predicted molar refractivity (Wildman–Crippen MR) is 65.7 cm³/mol. The third-order valence-electron chi connectivity index (χ3n) is 2.55. The first-order valence-corrected chi connectivity index (χ1v) is 5.38. The van der Waals surface area contributed by atoms with E-state index in [1.54, 1.807) is 19.1 Å². The number of benzene rings is 1. The van der Waals surface area contributed by atoms with Crippen molar-refractivity contribution in [3.63, 3.8) is 0 Å². The van der Waals surface area contributed by atoms with Crippen molar-refractivity contribution in [2.24, 2.45) is 5.10 Å². The molecule has 0 spiro atoms. The molecule has 19 heavy (non-hydrogen) atoms. The van der Waals surface area contributed by atoms with Crippen molar-refractivity contribution in [1.82, 2.24) is 10.3 Å². The van der Waals surface area contributed by atoms with Gasteiger partial charge in [-0.15, -0.1) is 0 Å². The molecule has 2 rings (SSSR count). The molecule has 0 bridgehead atoms. The van der Waals surface area contributed by atoms with Crippen molar-refractivity contribution in [2.45, 2.75) is 6.92 Å². The molecule has 1 aromatic carbocycles. The molecule has 8 nitrogen and oxygen atoms in total. The van der Waals surface area contributed by atoms with Crippen molar-refractivity contribution in [3.8, 4) is 0 Å². The number of rotatable bonds is 3. The van der Waals surface area contributed by atoms with E-state index in [2.05, 4.69) is 10.4 Å². The summed E-state index contributed by atoms with van der Waals surface area (Å²) >= 11 is 0. The molecule has 0 unspecified atom stereocenters. The normalized spacial score (nSPS) is 15.1. The number of amides is 3. The summed E-state index contributed by atoms with van der Waals surface area (Å²) in [4.78, 5) is 32.4. The standard InChI is InChI=1S/C11H10N4O4/c1-7-2-3-8(4-9(7)15(18)19)5-12-14-6-10(16)13-11(14)17/h2-5H,6H2,1H3,(H,13,16,17)/b12-5-. The summed E-state index contributed by atoms with van der Waals surface area (Å²) in [7, 11) is 0. The van der Waals surface area contributed by atoms with Crippen LogP contribution in [0.2, 0.25) is 0 Å². The zero-order chi connectivity index (χ0) is 14.0. The van der Waals surface area contributed by atoms with Gasteiger partial charge in [0.2, 0.25) is 5.91 Å². The lowest BCUT2D eigenvalue weighted by molar-refractivity contribution is -0.385. The van der Waals surface area contributed by atoms with Crippen molar-refractivity contribution >= 4 is 23.8 Å². The van der Waals surface area contributed by atoms with E-state index in [1.807, 2.05) is 0 Å². The van der Waals surface area contributed by atoms with Gasteiger partial charge in [-0.25, -0.2) is 9.80 Å². The molecule has 8 heteroatoms. The number of imide groups is 1. The van der Waals surface area contributed by atoms with Crippen LogP contribution in [0.25, 0.3) is 0 Å². The fourth-order valence-electron chi connectivity index (χ4n) is 1.56. The maximum atomic E-state index is 11.2. The Balaban J connectivity index is 2.20. The highest BCUT2D eigenvalue weighted by molar-refractivity contribution is 6.02. The van der Waals surface area contributed by atoms with Crippen LogP contribution in [0.1, 0.15) is 11.1 Å². The summed E-state index contributed by atoms with van der Waals surface area (Å²) < 4.78 is 0. The predicted octanol–water partition coefficient (Wildman–Crippen LogP) is 0.789. The number of hydrogen-bond donors (Lipinski definition) is 1. The number of hydrazone groups is 1. The average molecular weight is 262 g/mol. The molecular formula is C11H10N4O4. The zero-order valence-electron chi connectivity index (χ0n) is 9.99. The zero-order valence-corrected chi connectivity index (χ0v) is 9.99. The van der Waals surface area contributed by atoms with Gasteiger partial charge < -0.3 is 0 Å². The van der Waals surface area contributed by atoms with Gasteiger partial charge in [-0.3, -0.25) is 20.2 Å². The fraction of sp³-hybridized carbons (Fsp3) is 0.182. The first kappa shape index (κ1) is 12.7. The number of nitro groups is 1. The number of nitrogens with zero attached hydrogens (tertiary/aromatic N) is 3. The van der Waals surface area contributed by atoms with Crippen molar-refractivity contribution < 1.29 is 14.5 Å². The van der Waals surface area contributed by atoms with E-state index in [-0.39, 0.29) is 12.2 Å². The first-order valence-electron chi connectivity index (χ1n) is 5.38. The number of urea groups is 1. The Labute approximate surface area is 107 Å². The summed E-state index contributed by atoms with van der Waals surface area (Å²) in [6.07, 6.45) is 1.30. The largest absolute Gasteiger partial charge is 0.344 e. The summed E-state index contributed by atoms with van der Waals surface area (Å²) in [5.74, 6) is -0.433. The summed E-state index contributed by atoms with van der Waals surface area (Å²) in [6.45, 7) is 1.48. The van der Waals surface area contributed by atoms with E-state index in [0.29, 0.717) is 11.1 Å². The Bertz CT molecular complexity index is 596. The van der Waals surface area contributed by atoms with E-state index in [4.69, 9.17) is 0 Å². The third kappa shape index (κ3) is 2.73. The van der Waals surface area contributed by atoms with Gasteiger partial charge in [0.05, 0.1) is 11.1 Å². The van der Waals surface area contributed by atoms with Crippen LogP contribution in [0.3, 0.4) is 0 Å². The van der Waals surface area contributed by atoms with Crippen LogP contribution in [0.4, 0.5) is 10.5 Å². The Morgan fingerprint density at radius 3 is 2.79 bits per heavy atom. The quantitative estimate of drug-likeness (QED) is 0.376. The van der Waals surface area contributed by atoms with Crippen LogP contribution in [0, 0.1) is 17.0 Å². The molecule has 1 saturated heterocycles. The molecule has 1 aliphatic heterocycles. The molecule has 1 fully saturated rings. The number of carbonyl (C=O) groups excluding carboxylic acids is 2. The first-order chi connectivity index (χ1) is 8.97. The number of nitrogens with one attached hydrogen (secondary N) is 1. The third-order valence-corrected chi connectivity index (χ3v) is 2.55. The van der Waals surface area contributed by atoms with E-state index in [0.717, 1.165) is 5.01 Å². The maximum absolute atomic E-state index is 11.2. The number of nitro benzene ring substituents is 1. The monoisotopic (exact) mass is 262 g/mol. The minimum Gasteiger partial charge on any atom is -0.275 e. The van der Waals surface area contributed by atoms with Gasteiger partial charge in [-0.1, -0.05) is 12.1 Å². The molecule has 0 atom stereocenters. The Morgan fingerprint density at radius 1 is 1.47 bits per heavy atom. The topological polar surface area (TPSA) is 105 Å². The van der Waals surface area contributed by atoms with Gasteiger partial charge in [0.25, 0.3) is 5.69 Å². The van der Waals surface area contributed by atoms with E-state index in [9.17, 15) is 19.7 Å². The fourth-order valence-corrected chi connectivity index (χ4v) is 1.56. The molecule has 3 amide bonds. The van der Waals surface area contributed by atoms with E-state index >= 15 is 0 Å². The SMILES string of the molecule is Cc1ccc(/C=N\N2CC(=O)NC2=O)cc1[N+](=O)[O-]. The highest BCUT2D eigenvalue weighted by Gasteiger charge is 2.25. The molecule has 98 valence electrons. The van der Waals surface area contributed by atoms with Crippen LogP contribution >= 0.6 is 0 Å². The Kier molecular flexibility index (Phi) is 3.23. The molecule has 0 radical (unpaired) electrons. The number of carbonyl (C=O) groups is 2. The average Bonchev–Trinajstić information content (AvgIpc) is 2.66. The van der Waals surface area contributed by atoms with Gasteiger partial charge in [-0.05, 0) is 6.92 Å². The molecule has 0 aliphatic carbocycles. The molecule has 0 saturated carbocycles. The second kappa shape index (κ2) is 4.84. The highest BCUT2D eigenvalue weighted by atomic mass is 16.6. The minimum atomic E-state index is -0.608. The molecule has 1 aromatic rings. The van der Waals surface area contributed by atoms with Gasteiger partial charge in [0, 0.05) is 17.2 Å². The highest BCUT2D eigenvalue weighted by Crippen LogP contribution is 2.18. The maximum Gasteiger partial charge on any atom is 0.344 e. The summed E-state index contributed by atoms with van der Waals surface area (Å²) in [6, 6.07) is 3.98. The molecule has 0 aromatic heterocycles. The molecule has 1 heterocycles. The molecular weight excluding hydrogens is 252 g/mol. The van der Waals surface area contributed by atoms with Crippen LogP contribution in [0.5, 0.6) is 0 Å². The van der Waals surface area contributed by atoms with Crippen LogP contribution in [0.15, 0.2) is 23.3 Å². The molecule has 1 aliphatic rings. The van der Waals surface area contributed by atoms with Crippen LogP contribution in [-0.2, 0) is 4.79 Å². The van der Waals surface area contributed by atoms with Crippen molar-refractivity contribution in [3.05, 3.63) is 39.4 Å². The van der Waals surface area contributed by atoms with Gasteiger partial charge in [0.15, 0.2) is 0 Å². The van der Waals surface area contributed by atoms with Gasteiger partial charge in [-0.2, -0.15) is 5.10 Å².